The van der Waals surface area contributed by atoms with Gasteiger partial charge < -0.3 is 19.6 Å². The van der Waals surface area contributed by atoms with Crippen molar-refractivity contribution in [3.8, 4) is 0 Å². The molecule has 1 fully saturated rings. The molecule has 2 rings (SSSR count). The van der Waals surface area contributed by atoms with Crippen LogP contribution in [0.5, 0.6) is 0 Å². The number of aromatic nitrogens is 1. The monoisotopic (exact) mass is 268 g/mol. The predicted octanol–water partition coefficient (Wildman–Crippen LogP) is 0.442. The molecule has 0 saturated carbocycles. The first-order valence-electron chi connectivity index (χ1n) is 6.69. The molecule has 106 valence electrons. The van der Waals surface area contributed by atoms with E-state index in [1.54, 1.807) is 11.0 Å². The van der Waals surface area contributed by atoms with Crippen LogP contribution in [0.25, 0.3) is 0 Å². The highest BCUT2D eigenvalue weighted by atomic mass is 16.5. The topological polar surface area (TPSA) is 86.8 Å². The van der Waals surface area contributed by atoms with Crippen molar-refractivity contribution in [2.45, 2.75) is 32.3 Å². The van der Waals surface area contributed by atoms with Crippen LogP contribution >= 0.6 is 0 Å². The van der Waals surface area contributed by atoms with Gasteiger partial charge in [0.2, 0.25) is 0 Å². The van der Waals surface area contributed by atoms with Crippen molar-refractivity contribution in [1.82, 2.24) is 10.1 Å². The number of piperidine rings is 1. The number of aliphatic hydroxyl groups excluding tert-OH is 2. The molecule has 1 amide bonds. The molecule has 2 heterocycles. The smallest absolute Gasteiger partial charge is 0.276 e. The van der Waals surface area contributed by atoms with Gasteiger partial charge in [-0.05, 0) is 12.8 Å². The third kappa shape index (κ3) is 3.13. The molecule has 1 aromatic rings. The van der Waals surface area contributed by atoms with E-state index in [9.17, 15) is 9.90 Å². The number of rotatable bonds is 4. The highest BCUT2D eigenvalue weighted by Crippen LogP contribution is 2.19. The van der Waals surface area contributed by atoms with Crippen LogP contribution in [0, 0.1) is 5.92 Å². The summed E-state index contributed by atoms with van der Waals surface area (Å²) in [6.45, 7) is 2.74. The van der Waals surface area contributed by atoms with Gasteiger partial charge in [0.15, 0.2) is 5.69 Å². The van der Waals surface area contributed by atoms with E-state index in [1.165, 1.54) is 0 Å². The minimum Gasteiger partial charge on any atom is -0.396 e. The maximum Gasteiger partial charge on any atom is 0.276 e. The van der Waals surface area contributed by atoms with Gasteiger partial charge in [-0.25, -0.2) is 0 Å². The molecule has 6 nitrogen and oxygen atoms in total. The number of hydrogen-bond acceptors (Lipinski definition) is 5. The molecular formula is C13H20N2O4. The summed E-state index contributed by atoms with van der Waals surface area (Å²) < 4.78 is 5.09. The molecule has 1 saturated heterocycles. The Kier molecular flexibility index (Phi) is 4.55. The molecule has 0 aliphatic carbocycles. The van der Waals surface area contributed by atoms with Crippen LogP contribution in [0.3, 0.4) is 0 Å². The van der Waals surface area contributed by atoms with Crippen LogP contribution in [0.2, 0.25) is 0 Å². The second-order valence-electron chi connectivity index (χ2n) is 4.98. The number of likely N-dealkylation sites (tertiary alicyclic amines) is 1. The van der Waals surface area contributed by atoms with Gasteiger partial charge in [-0.15, -0.1) is 0 Å². The lowest BCUT2D eigenvalue weighted by atomic mass is 9.94. The third-order valence-corrected chi connectivity index (χ3v) is 3.52. The van der Waals surface area contributed by atoms with E-state index in [4.69, 9.17) is 9.63 Å². The number of carbonyl (C=O) groups excluding carboxylic acids is 1. The molecule has 0 aromatic carbocycles. The van der Waals surface area contributed by atoms with Gasteiger partial charge in [-0.1, -0.05) is 12.1 Å². The van der Waals surface area contributed by atoms with Gasteiger partial charge in [-0.3, -0.25) is 4.79 Å². The fraction of sp³-hybridized carbons (Fsp3) is 0.692. The molecular weight excluding hydrogens is 248 g/mol. The molecule has 2 atom stereocenters. The average molecular weight is 268 g/mol. The van der Waals surface area contributed by atoms with E-state index in [0.717, 1.165) is 12.8 Å². The Balaban J connectivity index is 1.99. The summed E-state index contributed by atoms with van der Waals surface area (Å²) in [4.78, 5) is 13.7. The van der Waals surface area contributed by atoms with E-state index in [1.807, 2.05) is 6.92 Å². The first kappa shape index (κ1) is 14.0. The Bertz CT molecular complexity index is 432. The van der Waals surface area contributed by atoms with Crippen molar-refractivity contribution in [1.29, 1.82) is 0 Å². The maximum absolute atomic E-state index is 12.2. The maximum atomic E-state index is 12.2. The first-order chi connectivity index (χ1) is 9.15. The van der Waals surface area contributed by atoms with Gasteiger partial charge in [0.05, 0.1) is 6.10 Å². The zero-order valence-corrected chi connectivity index (χ0v) is 11.1. The number of amides is 1. The number of hydrogen-bond donors (Lipinski definition) is 2. The lowest BCUT2D eigenvalue weighted by molar-refractivity contribution is 0.000513. The SMILES string of the molecule is CCCc1cc(C(=O)N2CC[C@@H](CO)[C@H](O)C2)no1. The molecule has 0 radical (unpaired) electrons. The molecule has 2 N–H and O–H groups in total. The Morgan fingerprint density at radius 3 is 3.05 bits per heavy atom. The minimum absolute atomic E-state index is 0.0478. The van der Waals surface area contributed by atoms with E-state index in [-0.39, 0.29) is 30.7 Å². The zero-order chi connectivity index (χ0) is 13.8. The van der Waals surface area contributed by atoms with Crippen LogP contribution in [0.15, 0.2) is 10.6 Å². The summed E-state index contributed by atoms with van der Waals surface area (Å²) in [5.41, 5.74) is 0.290. The number of nitrogens with zero attached hydrogens (tertiary/aromatic N) is 2. The van der Waals surface area contributed by atoms with Crippen LogP contribution < -0.4 is 0 Å². The van der Waals surface area contributed by atoms with Crippen molar-refractivity contribution < 1.29 is 19.5 Å². The summed E-state index contributed by atoms with van der Waals surface area (Å²) in [5, 5.41) is 22.7. The van der Waals surface area contributed by atoms with E-state index >= 15 is 0 Å². The van der Waals surface area contributed by atoms with E-state index < -0.39 is 6.10 Å². The summed E-state index contributed by atoms with van der Waals surface area (Å²) in [5.74, 6) is 0.343. The fourth-order valence-corrected chi connectivity index (χ4v) is 2.32. The summed E-state index contributed by atoms with van der Waals surface area (Å²) >= 11 is 0. The molecule has 19 heavy (non-hydrogen) atoms. The summed E-state index contributed by atoms with van der Waals surface area (Å²) in [7, 11) is 0. The highest BCUT2D eigenvalue weighted by molar-refractivity contribution is 5.92. The van der Waals surface area contributed by atoms with Crippen molar-refractivity contribution in [3.05, 3.63) is 17.5 Å². The van der Waals surface area contributed by atoms with Crippen LogP contribution in [-0.4, -0.2) is 52.0 Å². The van der Waals surface area contributed by atoms with E-state index in [0.29, 0.717) is 18.7 Å². The Morgan fingerprint density at radius 2 is 2.42 bits per heavy atom. The summed E-state index contributed by atoms with van der Waals surface area (Å²) in [6.07, 6.45) is 1.62. The first-order valence-corrected chi connectivity index (χ1v) is 6.69. The van der Waals surface area contributed by atoms with Gasteiger partial charge in [0, 0.05) is 38.1 Å². The van der Waals surface area contributed by atoms with Crippen LogP contribution in [0.1, 0.15) is 36.0 Å². The predicted molar refractivity (Wildman–Crippen MR) is 67.6 cm³/mol. The summed E-state index contributed by atoms with van der Waals surface area (Å²) in [6, 6.07) is 1.66. The molecule has 1 aliphatic rings. The highest BCUT2D eigenvalue weighted by Gasteiger charge is 2.31. The molecule has 0 bridgehead atoms. The average Bonchev–Trinajstić information content (AvgIpc) is 2.87. The Morgan fingerprint density at radius 1 is 1.63 bits per heavy atom. The van der Waals surface area contributed by atoms with Crippen LogP contribution in [-0.2, 0) is 6.42 Å². The van der Waals surface area contributed by atoms with Gasteiger partial charge in [0.1, 0.15) is 5.76 Å². The number of aryl methyl sites for hydroxylation is 1. The zero-order valence-electron chi connectivity index (χ0n) is 11.1. The quantitative estimate of drug-likeness (QED) is 0.827. The van der Waals surface area contributed by atoms with Gasteiger partial charge >= 0.3 is 0 Å². The van der Waals surface area contributed by atoms with Crippen LogP contribution in [0.4, 0.5) is 0 Å². The molecule has 6 heteroatoms. The lowest BCUT2D eigenvalue weighted by Crippen LogP contribution is -2.47. The van der Waals surface area contributed by atoms with Gasteiger partial charge in [0.25, 0.3) is 5.91 Å². The second kappa shape index (κ2) is 6.16. The van der Waals surface area contributed by atoms with Crippen molar-refractivity contribution >= 4 is 5.91 Å². The van der Waals surface area contributed by atoms with Gasteiger partial charge in [-0.2, -0.15) is 0 Å². The molecule has 1 aliphatic heterocycles. The number of carbonyl (C=O) groups is 1. The standard InChI is InChI=1S/C13H20N2O4/c1-2-3-10-6-11(14-19-10)13(18)15-5-4-9(8-16)12(17)7-15/h6,9,12,16-17H,2-5,7-8H2,1H3/t9-,12+/m0/s1. The lowest BCUT2D eigenvalue weighted by Gasteiger charge is -2.34. The van der Waals surface area contributed by atoms with Crippen molar-refractivity contribution in [2.75, 3.05) is 19.7 Å². The molecule has 0 spiro atoms. The molecule has 0 unspecified atom stereocenters. The van der Waals surface area contributed by atoms with Crippen molar-refractivity contribution in [2.24, 2.45) is 5.92 Å². The molecule has 1 aromatic heterocycles. The number of aliphatic hydroxyl groups is 2. The Hall–Kier alpha value is -1.40. The van der Waals surface area contributed by atoms with Crippen molar-refractivity contribution in [3.63, 3.8) is 0 Å². The number of β-amino-alcohol motifs (C(OH)–C–C–N with tert-alkyl or cyclic N) is 1. The third-order valence-electron chi connectivity index (χ3n) is 3.52. The second-order valence-corrected chi connectivity index (χ2v) is 4.98. The largest absolute Gasteiger partial charge is 0.396 e. The normalized spacial score (nSPS) is 23.6. The Labute approximate surface area is 112 Å². The van der Waals surface area contributed by atoms with E-state index in [2.05, 4.69) is 5.16 Å². The minimum atomic E-state index is -0.676. The fourth-order valence-electron chi connectivity index (χ4n) is 2.32.